The summed E-state index contributed by atoms with van der Waals surface area (Å²) >= 11 is 0. The third kappa shape index (κ3) is 8.30. The van der Waals surface area contributed by atoms with E-state index in [-0.39, 0.29) is 74.7 Å². The highest BCUT2D eigenvalue weighted by atomic mass is 28.3. The zero-order chi connectivity index (χ0) is 46.4. The minimum Gasteiger partial charge on any atom is -0.497 e. The van der Waals surface area contributed by atoms with Crippen LogP contribution >= 0.6 is 0 Å². The molecule has 0 bridgehead atoms. The van der Waals surface area contributed by atoms with E-state index in [1.807, 2.05) is 67.6 Å². The summed E-state index contributed by atoms with van der Waals surface area (Å²) in [4.78, 5) is 86.3. The van der Waals surface area contributed by atoms with Crippen molar-refractivity contribution in [2.75, 3.05) is 35.0 Å². The van der Waals surface area contributed by atoms with Crippen LogP contribution in [0.5, 0.6) is 5.75 Å². The number of aliphatic hydroxyl groups excluding tert-OH is 1. The Morgan fingerprint density at radius 3 is 2.02 bits per heavy atom. The normalized spacial score (nSPS) is 23.5. The highest BCUT2D eigenvalue weighted by molar-refractivity contribution is 6.91. The van der Waals surface area contributed by atoms with Gasteiger partial charge in [-0.05, 0) is 59.1 Å². The van der Waals surface area contributed by atoms with Crippen LogP contribution in [-0.2, 0) is 61.7 Å². The first-order valence-corrected chi connectivity index (χ1v) is 24.9. The van der Waals surface area contributed by atoms with E-state index in [0.29, 0.717) is 33.9 Å². The van der Waals surface area contributed by atoms with Gasteiger partial charge < -0.3 is 33.9 Å². The molecule has 0 aromatic heterocycles. The molecule has 6 atom stereocenters. The number of fused-ring (bicyclic) bond motifs is 2. The molecule has 2 unspecified atom stereocenters. The van der Waals surface area contributed by atoms with Crippen molar-refractivity contribution in [3.8, 4) is 5.75 Å². The minimum atomic E-state index is -2.72. The largest absolute Gasteiger partial charge is 0.497 e. The van der Waals surface area contributed by atoms with Gasteiger partial charge in [-0.1, -0.05) is 79.8 Å². The molecule has 4 aliphatic rings. The van der Waals surface area contributed by atoms with Crippen LogP contribution in [0.1, 0.15) is 56.7 Å². The van der Waals surface area contributed by atoms with Crippen molar-refractivity contribution in [2.24, 2.45) is 5.92 Å². The molecule has 65 heavy (non-hydrogen) atoms. The monoisotopic (exact) mass is 902 g/mol. The van der Waals surface area contributed by atoms with E-state index in [0.717, 1.165) is 10.8 Å². The summed E-state index contributed by atoms with van der Waals surface area (Å²) in [6, 6.07) is 29.8. The lowest BCUT2D eigenvalue weighted by Crippen LogP contribution is -2.55. The van der Waals surface area contributed by atoms with Crippen LogP contribution in [0, 0.1) is 5.92 Å². The van der Waals surface area contributed by atoms with E-state index in [1.165, 1.54) is 23.6 Å². The quantitative estimate of drug-likeness (QED) is 0.0954. The number of rotatable bonds is 15. The fraction of sp³-hybridized carbons (Fsp3) is 0.388. The molecule has 1 spiro atoms. The summed E-state index contributed by atoms with van der Waals surface area (Å²) in [6.45, 7) is 9.19. The van der Waals surface area contributed by atoms with Gasteiger partial charge in [0.15, 0.2) is 18.1 Å². The molecule has 4 amide bonds. The van der Waals surface area contributed by atoms with Gasteiger partial charge >= 0.3 is 11.9 Å². The number of nitrogens with zero attached hydrogens (tertiary/aromatic N) is 4. The fourth-order valence-electron chi connectivity index (χ4n) is 10.3. The summed E-state index contributed by atoms with van der Waals surface area (Å²) in [5.74, 6) is -1.94. The number of carbonyl (C=O) groups is 6. The van der Waals surface area contributed by atoms with E-state index < -0.39 is 50.1 Å². The number of hydrogen-bond acceptors (Lipinski definition) is 11. The van der Waals surface area contributed by atoms with Crippen LogP contribution in [0.15, 0.2) is 97.1 Å². The Hall–Kier alpha value is -6.36. The zero-order valence-corrected chi connectivity index (χ0v) is 38.4. The molecule has 16 heteroatoms. The lowest BCUT2D eigenvalue weighted by molar-refractivity contribution is -0.155. The van der Waals surface area contributed by atoms with Gasteiger partial charge in [-0.2, -0.15) is 0 Å². The summed E-state index contributed by atoms with van der Waals surface area (Å²) in [5.41, 5.74) is 1.58. The van der Waals surface area contributed by atoms with Gasteiger partial charge in [0.1, 0.15) is 5.75 Å². The highest BCUT2D eigenvalue weighted by Gasteiger charge is 2.67. The first kappa shape index (κ1) is 45.2. The molecule has 0 saturated carbocycles. The number of ether oxygens (including phenoxy) is 4. The fourth-order valence-corrected chi connectivity index (χ4v) is 14.3. The van der Waals surface area contributed by atoms with Crippen molar-refractivity contribution < 1.29 is 52.8 Å². The van der Waals surface area contributed by atoms with Gasteiger partial charge in [-0.15, -0.1) is 0 Å². The Kier molecular flexibility index (Phi) is 12.4. The molecule has 3 saturated heterocycles. The second-order valence-corrected chi connectivity index (χ2v) is 22.4. The summed E-state index contributed by atoms with van der Waals surface area (Å²) < 4.78 is 23.7. The molecule has 3 fully saturated rings. The number of amides is 4. The number of hydrogen-bond donors (Lipinski definition) is 1. The van der Waals surface area contributed by atoms with Gasteiger partial charge in [-0.25, -0.2) is 0 Å². The molecular weight excluding hydrogens is 849 g/mol. The molecule has 4 aromatic carbocycles. The Bertz CT molecular complexity index is 2520. The molecule has 4 heterocycles. The maximum atomic E-state index is 15.8. The van der Waals surface area contributed by atoms with Gasteiger partial charge in [0, 0.05) is 49.8 Å². The van der Waals surface area contributed by atoms with Crippen LogP contribution in [0.25, 0.3) is 0 Å². The lowest BCUT2D eigenvalue weighted by Gasteiger charge is -2.39. The Morgan fingerprint density at radius 1 is 0.815 bits per heavy atom. The summed E-state index contributed by atoms with van der Waals surface area (Å²) in [6.07, 6.45) is -2.34. The van der Waals surface area contributed by atoms with Crippen LogP contribution in [0.2, 0.25) is 18.6 Å². The number of β-lactam (4-membered cyclic amide) rings is 2. The van der Waals surface area contributed by atoms with E-state index >= 15 is 4.79 Å². The third-order valence-corrected chi connectivity index (χ3v) is 17.7. The number of methoxy groups -OCH3 is 1. The van der Waals surface area contributed by atoms with Crippen molar-refractivity contribution in [1.29, 1.82) is 0 Å². The Balaban J connectivity index is 1.23. The number of aliphatic hydroxyl groups is 1. The Labute approximate surface area is 378 Å². The molecule has 0 radical (unpaired) electrons. The average Bonchev–Trinajstić information content (AvgIpc) is 3.68. The lowest BCUT2D eigenvalue weighted by atomic mass is 9.82. The van der Waals surface area contributed by atoms with Gasteiger partial charge in [0.05, 0.1) is 59.4 Å². The molecule has 4 aliphatic heterocycles. The summed E-state index contributed by atoms with van der Waals surface area (Å²) in [5, 5.41) is 11.2. The van der Waals surface area contributed by atoms with E-state index in [4.69, 9.17) is 18.9 Å². The van der Waals surface area contributed by atoms with E-state index in [1.54, 1.807) is 53.3 Å². The molecule has 4 aromatic rings. The first-order chi connectivity index (χ1) is 31.1. The smallest absolute Gasteiger partial charge is 0.304 e. The van der Waals surface area contributed by atoms with Gasteiger partial charge in [-0.3, -0.25) is 38.6 Å². The molecule has 340 valence electrons. The van der Waals surface area contributed by atoms with Crippen LogP contribution in [0.3, 0.4) is 0 Å². The number of carbonyl (C=O) groups excluding carboxylic acids is 6. The topological polar surface area (TPSA) is 173 Å². The summed E-state index contributed by atoms with van der Waals surface area (Å²) in [7, 11) is -1.12. The van der Waals surface area contributed by atoms with Crippen LogP contribution < -0.4 is 24.6 Å². The molecule has 15 nitrogen and oxygen atoms in total. The SMILES string of the molecule is COc1ccc([Si](C)(C)[C@@H]2[C@@H](CC(=O)N(CCO)Cc3ccccc3)O[C@]3(C(=O)N(Cc4cccc(N5C(=O)CC5OC(C)=O)c4)c4ccc(N5C(=O)CC5OC(C)=O)cc43)[C@H]2C)cc1. The first-order valence-electron chi connectivity index (χ1n) is 21.9. The minimum absolute atomic E-state index is 0.00910. The maximum absolute atomic E-state index is 15.8. The molecule has 8 rings (SSSR count). The highest BCUT2D eigenvalue weighted by Crippen LogP contribution is 2.61. The standard InChI is InChI=1S/C49H54N4O11Si/c1-30-47(65(5,6)38-18-16-37(61-4)17-19-38)41(25-42(57)50(21-22-54)28-33-11-8-7-9-12-33)64-49(30)39-24-36(53-44(59)27-46(53)63-32(3)56)15-20-40(39)51(48(49)60)29-34-13-10-14-35(23-34)52-43(58)26-45(52)62-31(2)55/h7-20,23-24,30,41,45-47,54H,21-22,25-29H2,1-6H3/t30-,41+,45?,46?,47-,49+/m0/s1. The predicted molar refractivity (Wildman–Crippen MR) is 243 cm³/mol. The molecule has 0 aliphatic carbocycles. The Morgan fingerprint density at radius 2 is 1.43 bits per heavy atom. The zero-order valence-electron chi connectivity index (χ0n) is 37.4. The maximum Gasteiger partial charge on any atom is 0.304 e. The van der Waals surface area contributed by atoms with Crippen LogP contribution in [-0.4, -0.2) is 92.5 Å². The second kappa shape index (κ2) is 17.9. The van der Waals surface area contributed by atoms with Crippen molar-refractivity contribution in [3.05, 3.63) is 114 Å². The second-order valence-electron chi connectivity index (χ2n) is 17.7. The van der Waals surface area contributed by atoms with Crippen molar-refractivity contribution >= 4 is 65.9 Å². The van der Waals surface area contributed by atoms with Crippen molar-refractivity contribution in [2.45, 2.75) is 95.9 Å². The van der Waals surface area contributed by atoms with Crippen LogP contribution in [0.4, 0.5) is 17.1 Å². The third-order valence-electron chi connectivity index (χ3n) is 13.4. The average molecular weight is 903 g/mol. The molecular formula is C49H54N4O11Si. The number of benzene rings is 4. The van der Waals surface area contributed by atoms with Gasteiger partial charge in [0.2, 0.25) is 17.7 Å². The van der Waals surface area contributed by atoms with Crippen molar-refractivity contribution in [1.82, 2.24) is 4.90 Å². The van der Waals surface area contributed by atoms with E-state index in [2.05, 4.69) is 13.1 Å². The predicted octanol–water partition coefficient (Wildman–Crippen LogP) is 5.12. The van der Waals surface area contributed by atoms with E-state index in [9.17, 15) is 29.1 Å². The molecule has 1 N–H and O–H groups in total. The van der Waals surface area contributed by atoms with Crippen molar-refractivity contribution in [3.63, 3.8) is 0 Å². The van der Waals surface area contributed by atoms with Gasteiger partial charge in [0.25, 0.3) is 5.91 Å². The number of esters is 2. The number of anilines is 3.